The molecule has 0 aliphatic carbocycles. The minimum atomic E-state index is -0.490. The molecule has 0 spiro atoms. The van der Waals surface area contributed by atoms with E-state index in [4.69, 9.17) is 14.2 Å². The van der Waals surface area contributed by atoms with E-state index in [0.29, 0.717) is 49.5 Å². The summed E-state index contributed by atoms with van der Waals surface area (Å²) < 4.78 is 16.7. The smallest absolute Gasteiger partial charge is 0.307 e. The summed E-state index contributed by atoms with van der Waals surface area (Å²) in [5.74, 6) is 0.257. The monoisotopic (exact) mass is 1100 g/mol. The molecule has 0 bridgehead atoms. The molecule has 9 nitrogen and oxygen atoms in total. The number of phenolic OH excluding ortho intramolecular Hbond substituents is 3. The first kappa shape index (κ1) is 69.9. The highest BCUT2D eigenvalue weighted by atomic mass is 32.2. The summed E-state index contributed by atoms with van der Waals surface area (Å²) in [7, 11) is 0. The number of thioether (sulfide) groups is 1. The number of carbonyl (C=O) groups excluding carboxylic acids is 3. The molecule has 0 aliphatic rings. The molecule has 2 unspecified atom stereocenters. The molecule has 0 amide bonds. The maximum absolute atomic E-state index is 12.7. The van der Waals surface area contributed by atoms with E-state index in [0.717, 1.165) is 62.9 Å². The topological polar surface area (TPSA) is 140 Å². The summed E-state index contributed by atoms with van der Waals surface area (Å²) in [5.41, 5.74) is 6.16. The lowest BCUT2D eigenvalue weighted by Crippen LogP contribution is -2.20. The van der Waals surface area contributed by atoms with Crippen LogP contribution in [0.4, 0.5) is 0 Å². The van der Waals surface area contributed by atoms with Crippen LogP contribution in [0.15, 0.2) is 36.4 Å². The van der Waals surface area contributed by atoms with Crippen LogP contribution in [0, 0.1) is 0 Å². The van der Waals surface area contributed by atoms with Crippen LogP contribution in [0.5, 0.6) is 17.2 Å². The second-order valence-electron chi connectivity index (χ2n) is 28.1. The van der Waals surface area contributed by atoms with Crippen molar-refractivity contribution in [2.45, 2.75) is 298 Å². The first-order valence-corrected chi connectivity index (χ1v) is 30.5. The van der Waals surface area contributed by atoms with Crippen molar-refractivity contribution in [3.8, 4) is 17.2 Å². The van der Waals surface area contributed by atoms with Crippen molar-refractivity contribution >= 4 is 29.7 Å². The molecule has 0 aromatic heterocycles. The SMILES string of the molecule is CC(OC(=O)CCc1cc(C(C)(C)C)c(O)c(C(C)(C)C)c1)SC(C)OC(=O)CCc1cc(C(C)(C)C)c(O)c(C(C)(C)C)c1.CCCCCCCCCCCCCOC(=O)CCc1cc(C(C)(C)C)c(O)c(C(C)(C)C)c1. The number of hydrogen-bond donors (Lipinski definition) is 3. The van der Waals surface area contributed by atoms with Crippen LogP contribution in [0.3, 0.4) is 0 Å². The summed E-state index contributed by atoms with van der Waals surface area (Å²) in [4.78, 5) is 37.7. The predicted octanol–water partition coefficient (Wildman–Crippen LogP) is 18.1. The summed E-state index contributed by atoms with van der Waals surface area (Å²) in [6.07, 6.45) is 16.6. The van der Waals surface area contributed by atoms with E-state index in [1.807, 2.05) is 24.3 Å². The molecule has 0 saturated heterocycles. The molecule has 0 radical (unpaired) electrons. The van der Waals surface area contributed by atoms with Gasteiger partial charge in [-0.3, -0.25) is 14.4 Å². The lowest BCUT2D eigenvalue weighted by atomic mass is 9.78. The normalized spacial score (nSPS) is 13.3. The van der Waals surface area contributed by atoms with Gasteiger partial charge in [0.25, 0.3) is 0 Å². The number of aryl methyl sites for hydroxylation is 3. The van der Waals surface area contributed by atoms with E-state index in [1.165, 1.54) is 69.5 Å². The van der Waals surface area contributed by atoms with Crippen molar-refractivity contribution in [2.75, 3.05) is 6.61 Å². The Labute approximate surface area is 479 Å². The highest BCUT2D eigenvalue weighted by Gasteiger charge is 2.30. The van der Waals surface area contributed by atoms with Gasteiger partial charge in [-0.2, -0.15) is 0 Å². The fourth-order valence-electron chi connectivity index (χ4n) is 9.52. The van der Waals surface area contributed by atoms with Gasteiger partial charge in [0.15, 0.2) is 0 Å². The lowest BCUT2D eigenvalue weighted by Gasteiger charge is -2.28. The molecule has 2 atom stereocenters. The van der Waals surface area contributed by atoms with Crippen LogP contribution >= 0.6 is 11.8 Å². The Morgan fingerprint density at radius 1 is 0.397 bits per heavy atom. The molecule has 10 heteroatoms. The van der Waals surface area contributed by atoms with Crippen molar-refractivity contribution in [2.24, 2.45) is 0 Å². The predicted molar refractivity (Wildman–Crippen MR) is 328 cm³/mol. The number of hydrogen-bond acceptors (Lipinski definition) is 10. The quantitative estimate of drug-likeness (QED) is 0.0325. The number of unbranched alkanes of at least 4 members (excludes halogenated alkanes) is 10. The van der Waals surface area contributed by atoms with Crippen molar-refractivity contribution in [1.29, 1.82) is 0 Å². The number of rotatable bonds is 25. The third-order valence-electron chi connectivity index (χ3n) is 14.2. The average molecular weight is 1100 g/mol. The summed E-state index contributed by atoms with van der Waals surface area (Å²) in [6, 6.07) is 12.1. The summed E-state index contributed by atoms with van der Waals surface area (Å²) >= 11 is 1.27. The van der Waals surface area contributed by atoms with E-state index in [2.05, 4.69) is 144 Å². The fraction of sp³-hybridized carbons (Fsp3) is 0.691. The van der Waals surface area contributed by atoms with Crippen LogP contribution in [-0.4, -0.2) is 50.7 Å². The second kappa shape index (κ2) is 30.6. The van der Waals surface area contributed by atoms with Gasteiger partial charge in [0, 0.05) is 19.3 Å². The molecule has 3 rings (SSSR count). The molecular weight excluding hydrogens is 993 g/mol. The highest BCUT2D eigenvalue weighted by Crippen LogP contribution is 2.43. The maximum atomic E-state index is 12.7. The number of carbonyl (C=O) groups is 3. The maximum Gasteiger partial charge on any atom is 0.307 e. The van der Waals surface area contributed by atoms with E-state index >= 15 is 0 Å². The fourth-order valence-corrected chi connectivity index (χ4v) is 10.4. The zero-order valence-electron chi connectivity index (χ0n) is 53.0. The van der Waals surface area contributed by atoms with E-state index in [9.17, 15) is 29.7 Å². The van der Waals surface area contributed by atoms with Crippen LogP contribution in [0.25, 0.3) is 0 Å². The lowest BCUT2D eigenvalue weighted by molar-refractivity contribution is -0.145. The Hall–Kier alpha value is -4.18. The van der Waals surface area contributed by atoms with Gasteiger partial charge >= 0.3 is 17.9 Å². The Bertz CT molecular complexity index is 2150. The number of esters is 3. The molecular formula is C68H110O9S. The third kappa shape index (κ3) is 24.7. The van der Waals surface area contributed by atoms with E-state index in [-0.39, 0.29) is 63.2 Å². The number of aromatic hydroxyl groups is 3. The zero-order valence-corrected chi connectivity index (χ0v) is 53.9. The summed E-state index contributed by atoms with van der Waals surface area (Å²) in [6.45, 7) is 43.8. The molecule has 3 N–H and O–H groups in total. The third-order valence-corrected chi connectivity index (χ3v) is 15.2. The minimum absolute atomic E-state index is 0.121. The van der Waals surface area contributed by atoms with Gasteiger partial charge in [0.1, 0.15) is 28.1 Å². The Kier molecular flexibility index (Phi) is 27.4. The summed E-state index contributed by atoms with van der Waals surface area (Å²) in [5, 5.41) is 32.8. The number of phenols is 3. The standard InChI is InChI=1S/C38H58O6S.C30H52O3/c1-23(43-31(39)17-15-25-19-27(35(3,4)5)33(41)28(20-25)36(6,7)8)45-24(2)44-32(40)18-16-26-21-29(37(9,10)11)34(42)30(22-26)38(12,13)14;1-8-9-10-11-12-13-14-15-16-17-18-21-33-27(31)20-19-24-22-25(29(2,3)4)28(32)26(23-24)30(5,6)7/h19-24,41-42H,15-18H2,1-14H3;22-23,32H,8-21H2,1-7H3. The van der Waals surface area contributed by atoms with Gasteiger partial charge in [-0.05, 0) is 122 Å². The van der Waals surface area contributed by atoms with Crippen molar-refractivity contribution < 1.29 is 43.9 Å². The van der Waals surface area contributed by atoms with Crippen molar-refractivity contribution in [3.05, 3.63) is 86.5 Å². The average Bonchev–Trinajstić information content (AvgIpc) is 3.28. The molecule has 0 fully saturated rings. The van der Waals surface area contributed by atoms with Crippen LogP contribution in [0.2, 0.25) is 0 Å². The van der Waals surface area contributed by atoms with Crippen LogP contribution in [0.1, 0.15) is 285 Å². The van der Waals surface area contributed by atoms with Crippen molar-refractivity contribution in [1.82, 2.24) is 0 Å². The first-order chi connectivity index (χ1) is 35.8. The van der Waals surface area contributed by atoms with Crippen LogP contribution in [-0.2, 0) is 80.3 Å². The van der Waals surface area contributed by atoms with Gasteiger partial charge in [-0.15, -0.1) is 0 Å². The van der Waals surface area contributed by atoms with E-state index < -0.39 is 10.9 Å². The first-order valence-electron chi connectivity index (χ1n) is 29.6. The van der Waals surface area contributed by atoms with Gasteiger partial charge in [0.2, 0.25) is 0 Å². The molecule has 0 aliphatic heterocycles. The highest BCUT2D eigenvalue weighted by molar-refractivity contribution is 8.00. The van der Waals surface area contributed by atoms with Gasteiger partial charge in [-0.25, -0.2) is 0 Å². The van der Waals surface area contributed by atoms with Gasteiger partial charge < -0.3 is 29.5 Å². The van der Waals surface area contributed by atoms with E-state index in [1.54, 1.807) is 13.8 Å². The Morgan fingerprint density at radius 2 is 0.628 bits per heavy atom. The zero-order chi connectivity index (χ0) is 59.6. The molecule has 0 saturated carbocycles. The van der Waals surface area contributed by atoms with Gasteiger partial charge in [0.05, 0.1) is 6.61 Å². The Morgan fingerprint density at radius 3 is 0.872 bits per heavy atom. The molecule has 3 aromatic rings. The molecule has 0 heterocycles. The Balaban J connectivity index is 0.000000560. The van der Waals surface area contributed by atoms with Crippen molar-refractivity contribution in [3.63, 3.8) is 0 Å². The largest absolute Gasteiger partial charge is 0.507 e. The second-order valence-corrected chi connectivity index (χ2v) is 29.7. The van der Waals surface area contributed by atoms with Crippen LogP contribution < -0.4 is 0 Å². The molecule has 78 heavy (non-hydrogen) atoms. The minimum Gasteiger partial charge on any atom is -0.507 e. The van der Waals surface area contributed by atoms with Gasteiger partial charge in [-0.1, -0.05) is 244 Å². The molecule has 442 valence electrons. The molecule has 3 aromatic carbocycles. The number of benzene rings is 3. The number of ether oxygens (including phenoxy) is 3.